The Morgan fingerprint density at radius 3 is 2.63 bits per heavy atom. The molecule has 152 valence electrons. The van der Waals surface area contributed by atoms with Crippen molar-refractivity contribution in [2.24, 2.45) is 5.10 Å². The van der Waals surface area contributed by atoms with E-state index in [0.717, 1.165) is 0 Å². The van der Waals surface area contributed by atoms with Crippen LogP contribution in [0.3, 0.4) is 0 Å². The van der Waals surface area contributed by atoms with E-state index in [1.165, 1.54) is 61.9 Å². The summed E-state index contributed by atoms with van der Waals surface area (Å²) in [5.41, 5.74) is 3.51. The number of ether oxygens (including phenoxy) is 2. The Morgan fingerprint density at radius 2 is 1.90 bits per heavy atom. The van der Waals surface area contributed by atoms with E-state index in [0.29, 0.717) is 11.3 Å². The summed E-state index contributed by atoms with van der Waals surface area (Å²) in [5.74, 6) is -1.16. The molecule has 9 heteroatoms. The molecule has 0 heterocycles. The molecular weight excluding hydrogens is 393 g/mol. The van der Waals surface area contributed by atoms with Crippen molar-refractivity contribution in [1.82, 2.24) is 0 Å². The highest BCUT2D eigenvalue weighted by Crippen LogP contribution is 2.28. The van der Waals surface area contributed by atoms with Gasteiger partial charge in [0.15, 0.2) is 11.5 Å². The Kier molecular flexibility index (Phi) is 6.33. The number of benzene rings is 3. The van der Waals surface area contributed by atoms with Gasteiger partial charge < -0.3 is 9.47 Å². The van der Waals surface area contributed by atoms with Crippen molar-refractivity contribution in [3.05, 3.63) is 93.8 Å². The van der Waals surface area contributed by atoms with Crippen LogP contribution in [0.1, 0.15) is 15.9 Å². The second-order valence-electron chi connectivity index (χ2n) is 5.96. The number of anilines is 1. The number of hydrogen-bond donors (Lipinski definition) is 1. The van der Waals surface area contributed by atoms with Gasteiger partial charge in [-0.2, -0.15) is 5.10 Å². The predicted octanol–water partition coefficient (Wildman–Crippen LogP) is 4.41. The lowest BCUT2D eigenvalue weighted by Crippen LogP contribution is -2.11. The van der Waals surface area contributed by atoms with Crippen molar-refractivity contribution >= 4 is 23.6 Å². The SMILES string of the molecule is COc1cc(/C=N\Nc2cccc([N+](=O)[O-])c2)ccc1OC(=O)c1ccccc1F. The molecule has 30 heavy (non-hydrogen) atoms. The molecule has 0 radical (unpaired) electrons. The van der Waals surface area contributed by atoms with Gasteiger partial charge in [-0.1, -0.05) is 18.2 Å². The Morgan fingerprint density at radius 1 is 1.10 bits per heavy atom. The van der Waals surface area contributed by atoms with Crippen LogP contribution in [0.2, 0.25) is 0 Å². The number of hydrogen-bond acceptors (Lipinski definition) is 7. The zero-order chi connectivity index (χ0) is 21.5. The minimum atomic E-state index is -0.847. The molecule has 0 aromatic heterocycles. The molecule has 0 saturated heterocycles. The minimum Gasteiger partial charge on any atom is -0.493 e. The molecule has 0 atom stereocenters. The lowest BCUT2D eigenvalue weighted by molar-refractivity contribution is -0.384. The Bertz CT molecular complexity index is 1120. The first-order valence-electron chi connectivity index (χ1n) is 8.66. The number of nitrogens with one attached hydrogen (secondary N) is 1. The number of carbonyl (C=O) groups excluding carboxylic acids is 1. The van der Waals surface area contributed by atoms with Crippen molar-refractivity contribution in [3.8, 4) is 11.5 Å². The summed E-state index contributed by atoms with van der Waals surface area (Å²) in [7, 11) is 1.40. The fourth-order valence-corrected chi connectivity index (χ4v) is 2.50. The fourth-order valence-electron chi connectivity index (χ4n) is 2.50. The maximum absolute atomic E-state index is 13.7. The van der Waals surface area contributed by atoms with Crippen molar-refractivity contribution in [2.45, 2.75) is 0 Å². The summed E-state index contributed by atoms with van der Waals surface area (Å²) in [6, 6.07) is 16.1. The van der Waals surface area contributed by atoms with Crippen LogP contribution in [-0.2, 0) is 0 Å². The number of nitro benzene ring substituents is 1. The van der Waals surface area contributed by atoms with Gasteiger partial charge in [0.25, 0.3) is 5.69 Å². The highest BCUT2D eigenvalue weighted by Gasteiger charge is 2.16. The van der Waals surface area contributed by atoms with E-state index < -0.39 is 16.7 Å². The number of rotatable bonds is 7. The molecule has 3 rings (SSSR count). The number of carbonyl (C=O) groups is 1. The third-order valence-electron chi connectivity index (χ3n) is 3.95. The summed E-state index contributed by atoms with van der Waals surface area (Å²) >= 11 is 0. The number of halogens is 1. The molecule has 0 aliphatic rings. The van der Waals surface area contributed by atoms with Gasteiger partial charge in [-0.05, 0) is 42.0 Å². The maximum atomic E-state index is 13.7. The Labute approximate surface area is 170 Å². The number of methoxy groups -OCH3 is 1. The topological polar surface area (TPSA) is 103 Å². The predicted molar refractivity (Wildman–Crippen MR) is 109 cm³/mol. The number of esters is 1. The van der Waals surface area contributed by atoms with Crippen LogP contribution in [0, 0.1) is 15.9 Å². The van der Waals surface area contributed by atoms with E-state index in [9.17, 15) is 19.3 Å². The van der Waals surface area contributed by atoms with Crippen LogP contribution in [0.5, 0.6) is 11.5 Å². The molecule has 0 unspecified atom stereocenters. The minimum absolute atomic E-state index is 0.0575. The van der Waals surface area contributed by atoms with E-state index in [1.807, 2.05) is 0 Å². The molecule has 0 amide bonds. The smallest absolute Gasteiger partial charge is 0.346 e. The molecule has 0 aliphatic heterocycles. The van der Waals surface area contributed by atoms with Crippen molar-refractivity contribution < 1.29 is 23.6 Å². The molecule has 0 aliphatic carbocycles. The van der Waals surface area contributed by atoms with Gasteiger partial charge in [-0.25, -0.2) is 9.18 Å². The van der Waals surface area contributed by atoms with Gasteiger partial charge in [-0.3, -0.25) is 15.5 Å². The quantitative estimate of drug-likeness (QED) is 0.204. The Balaban J connectivity index is 1.71. The molecule has 0 bridgehead atoms. The summed E-state index contributed by atoms with van der Waals surface area (Å²) in [5, 5.41) is 14.8. The Hall–Kier alpha value is -4.27. The maximum Gasteiger partial charge on any atom is 0.346 e. The van der Waals surface area contributed by atoms with Gasteiger partial charge >= 0.3 is 5.97 Å². The molecular formula is C21H16FN3O5. The molecule has 0 fully saturated rings. The highest BCUT2D eigenvalue weighted by molar-refractivity contribution is 5.92. The first kappa shape index (κ1) is 20.5. The number of nitro groups is 1. The second kappa shape index (κ2) is 9.28. The number of hydrazone groups is 1. The summed E-state index contributed by atoms with van der Waals surface area (Å²) in [6.45, 7) is 0. The van der Waals surface area contributed by atoms with Crippen LogP contribution >= 0.6 is 0 Å². The molecule has 8 nitrogen and oxygen atoms in total. The van der Waals surface area contributed by atoms with Gasteiger partial charge in [0.1, 0.15) is 5.82 Å². The van der Waals surface area contributed by atoms with E-state index in [2.05, 4.69) is 10.5 Å². The van der Waals surface area contributed by atoms with E-state index in [4.69, 9.17) is 9.47 Å². The van der Waals surface area contributed by atoms with Gasteiger partial charge in [0.05, 0.1) is 29.5 Å². The monoisotopic (exact) mass is 409 g/mol. The van der Waals surface area contributed by atoms with Gasteiger partial charge in [0, 0.05) is 12.1 Å². The van der Waals surface area contributed by atoms with Gasteiger partial charge in [-0.15, -0.1) is 0 Å². The lowest BCUT2D eigenvalue weighted by Gasteiger charge is -2.10. The van der Waals surface area contributed by atoms with Crippen molar-refractivity contribution in [2.75, 3.05) is 12.5 Å². The first-order chi connectivity index (χ1) is 14.5. The number of non-ortho nitro benzene ring substituents is 1. The van der Waals surface area contributed by atoms with Crippen LogP contribution in [0.4, 0.5) is 15.8 Å². The van der Waals surface area contributed by atoms with E-state index in [-0.39, 0.29) is 22.7 Å². The zero-order valence-corrected chi connectivity index (χ0v) is 15.7. The van der Waals surface area contributed by atoms with Gasteiger partial charge in [0.2, 0.25) is 0 Å². The molecule has 0 spiro atoms. The van der Waals surface area contributed by atoms with Crippen LogP contribution in [0.25, 0.3) is 0 Å². The summed E-state index contributed by atoms with van der Waals surface area (Å²) in [6.07, 6.45) is 1.46. The fraction of sp³-hybridized carbons (Fsp3) is 0.0476. The van der Waals surface area contributed by atoms with E-state index >= 15 is 0 Å². The second-order valence-corrected chi connectivity index (χ2v) is 5.96. The molecule has 3 aromatic carbocycles. The first-order valence-corrected chi connectivity index (χ1v) is 8.66. The average molecular weight is 409 g/mol. The highest BCUT2D eigenvalue weighted by atomic mass is 19.1. The molecule has 3 aromatic rings. The zero-order valence-electron chi connectivity index (χ0n) is 15.7. The third kappa shape index (κ3) is 4.96. The van der Waals surface area contributed by atoms with Crippen LogP contribution in [0.15, 0.2) is 71.8 Å². The largest absolute Gasteiger partial charge is 0.493 e. The van der Waals surface area contributed by atoms with Crippen LogP contribution < -0.4 is 14.9 Å². The average Bonchev–Trinajstić information content (AvgIpc) is 2.75. The van der Waals surface area contributed by atoms with E-state index in [1.54, 1.807) is 18.2 Å². The molecule has 0 saturated carbocycles. The van der Waals surface area contributed by atoms with Crippen LogP contribution in [-0.4, -0.2) is 24.2 Å². The summed E-state index contributed by atoms with van der Waals surface area (Å²) in [4.78, 5) is 22.5. The standard InChI is InChI=1S/C21H16FN3O5/c1-29-20-11-14(13-23-24-15-5-4-6-16(12-15)25(27)28)9-10-19(20)30-21(26)17-7-2-3-8-18(17)22/h2-13,24H,1H3/b23-13-. The van der Waals surface area contributed by atoms with Crippen molar-refractivity contribution in [1.29, 1.82) is 0 Å². The lowest BCUT2D eigenvalue weighted by atomic mass is 10.2. The summed E-state index contributed by atoms with van der Waals surface area (Å²) < 4.78 is 24.2. The third-order valence-corrected chi connectivity index (χ3v) is 3.95. The molecule has 1 N–H and O–H groups in total. The number of nitrogens with zero attached hydrogens (tertiary/aromatic N) is 2. The van der Waals surface area contributed by atoms with Crippen molar-refractivity contribution in [3.63, 3.8) is 0 Å². The normalized spacial score (nSPS) is 10.6.